The summed E-state index contributed by atoms with van der Waals surface area (Å²) in [6, 6.07) is 2.19. The van der Waals surface area contributed by atoms with Crippen LogP contribution in [-0.2, 0) is 9.59 Å². The third-order valence-corrected chi connectivity index (χ3v) is 11.9. The molecule has 0 aromatic carbocycles. The number of nitrogens with zero attached hydrogens (tertiary/aromatic N) is 3. The smallest absolute Gasteiger partial charge is 0.219 e. The number of hydrogen-bond acceptors (Lipinski definition) is 6. The lowest BCUT2D eigenvalue weighted by molar-refractivity contribution is -0.143. The molecule has 0 spiro atoms. The van der Waals surface area contributed by atoms with Gasteiger partial charge >= 0.3 is 0 Å². The van der Waals surface area contributed by atoms with E-state index in [9.17, 15) is 14.9 Å². The summed E-state index contributed by atoms with van der Waals surface area (Å²) < 4.78 is 5.85. The highest BCUT2D eigenvalue weighted by molar-refractivity contribution is 6.04. The molecule has 1 heterocycles. The van der Waals surface area contributed by atoms with E-state index < -0.39 is 10.8 Å². The molecule has 0 saturated heterocycles. The van der Waals surface area contributed by atoms with Crippen LogP contribution in [0.15, 0.2) is 27.7 Å². The van der Waals surface area contributed by atoms with Crippen LogP contribution in [0.25, 0.3) is 0 Å². The van der Waals surface area contributed by atoms with E-state index in [0.29, 0.717) is 11.8 Å². The van der Waals surface area contributed by atoms with Gasteiger partial charge in [0, 0.05) is 29.6 Å². The van der Waals surface area contributed by atoms with Gasteiger partial charge in [-0.05, 0) is 79.6 Å². The third-order valence-electron chi connectivity index (χ3n) is 11.9. The number of nitriles is 1. The lowest BCUT2D eigenvalue weighted by atomic mass is 9.39. The third kappa shape index (κ3) is 3.21. The van der Waals surface area contributed by atoms with E-state index in [1.165, 1.54) is 5.57 Å². The van der Waals surface area contributed by atoms with Crippen molar-refractivity contribution in [1.82, 2.24) is 10.2 Å². The average molecular weight is 502 g/mol. The molecule has 0 bridgehead atoms. The highest BCUT2D eigenvalue weighted by atomic mass is 16.4. The van der Waals surface area contributed by atoms with Crippen LogP contribution in [0.4, 0.5) is 0 Å². The van der Waals surface area contributed by atoms with Crippen molar-refractivity contribution in [2.45, 2.75) is 92.4 Å². The maximum Gasteiger partial charge on any atom is 0.219 e. The second-order valence-corrected chi connectivity index (χ2v) is 14.0. The minimum atomic E-state index is -0.624. The van der Waals surface area contributed by atoms with Gasteiger partial charge in [0.05, 0.1) is 5.57 Å². The summed E-state index contributed by atoms with van der Waals surface area (Å²) in [6.07, 6.45) is 11.0. The maximum absolute atomic E-state index is 14.2. The molecular formula is C31H39N3O3. The molecule has 3 saturated carbocycles. The van der Waals surface area contributed by atoms with Gasteiger partial charge < -0.3 is 4.42 Å². The Hall–Kier alpha value is -2.55. The SMILES string of the molecule is Cc1nnc(C2CCC3(C)CCC4C(C(=O)C=C5C6(C)C=C(C#N)C(=O)C(C)(C)C6CCC54C)C3C2)o1. The van der Waals surface area contributed by atoms with Crippen molar-refractivity contribution in [3.05, 3.63) is 35.1 Å². The molecule has 3 fully saturated rings. The normalized spacial score (nSPS) is 44.4. The lowest BCUT2D eigenvalue weighted by Crippen LogP contribution is -2.60. The van der Waals surface area contributed by atoms with E-state index >= 15 is 0 Å². The Labute approximate surface area is 220 Å². The standard InChI is InChI=1S/C31H39N3O3/c1-17-33-34-27(37-17)18-7-10-29(4)11-8-20-25(21(29)13-18)22(35)14-24-30(20,5)12-9-23-28(2,3)26(36)19(16-32)15-31(23,24)6/h14-15,18,20-21,23,25H,7-13H2,1-6H3. The Balaban J connectivity index is 1.43. The molecule has 8 unspecified atom stereocenters. The van der Waals surface area contributed by atoms with Gasteiger partial charge in [-0.2, -0.15) is 5.26 Å². The van der Waals surface area contributed by atoms with E-state index in [1.54, 1.807) is 0 Å². The minimum Gasteiger partial charge on any atom is -0.425 e. The molecule has 5 aliphatic carbocycles. The molecule has 1 aromatic heterocycles. The van der Waals surface area contributed by atoms with Crippen LogP contribution >= 0.6 is 0 Å². The summed E-state index contributed by atoms with van der Waals surface area (Å²) in [5.41, 5.74) is 0.364. The number of aryl methyl sites for hydroxylation is 1. The number of ketones is 2. The van der Waals surface area contributed by atoms with Gasteiger partial charge in [0.15, 0.2) is 11.6 Å². The van der Waals surface area contributed by atoms with Gasteiger partial charge in [-0.25, -0.2) is 0 Å². The zero-order valence-electron chi connectivity index (χ0n) is 23.1. The second-order valence-electron chi connectivity index (χ2n) is 14.0. The van der Waals surface area contributed by atoms with Crippen LogP contribution in [0.5, 0.6) is 0 Å². The van der Waals surface area contributed by atoms with Crippen molar-refractivity contribution in [2.75, 3.05) is 0 Å². The number of rotatable bonds is 1. The van der Waals surface area contributed by atoms with Gasteiger partial charge in [0.1, 0.15) is 6.07 Å². The van der Waals surface area contributed by atoms with E-state index in [1.807, 2.05) is 32.9 Å². The molecule has 37 heavy (non-hydrogen) atoms. The molecule has 196 valence electrons. The average Bonchev–Trinajstić information content (AvgIpc) is 3.28. The predicted molar refractivity (Wildman–Crippen MR) is 138 cm³/mol. The first-order valence-corrected chi connectivity index (χ1v) is 14.1. The molecule has 5 aliphatic rings. The van der Waals surface area contributed by atoms with Gasteiger partial charge in [-0.3, -0.25) is 9.59 Å². The monoisotopic (exact) mass is 501 g/mol. The molecular weight excluding hydrogens is 462 g/mol. The predicted octanol–water partition coefficient (Wildman–Crippen LogP) is 6.28. The molecule has 0 N–H and O–H groups in total. The van der Waals surface area contributed by atoms with Crippen molar-refractivity contribution in [3.63, 3.8) is 0 Å². The van der Waals surface area contributed by atoms with Gasteiger partial charge in [0.25, 0.3) is 0 Å². The summed E-state index contributed by atoms with van der Waals surface area (Å²) in [4.78, 5) is 27.3. The molecule has 6 nitrogen and oxygen atoms in total. The van der Waals surface area contributed by atoms with E-state index in [-0.39, 0.29) is 51.6 Å². The number of hydrogen-bond donors (Lipinski definition) is 0. The van der Waals surface area contributed by atoms with Gasteiger partial charge in [-0.1, -0.05) is 46.3 Å². The Bertz CT molecular complexity index is 1300. The number of carbonyl (C=O) groups excluding carboxylic acids is 2. The summed E-state index contributed by atoms with van der Waals surface area (Å²) in [7, 11) is 0. The summed E-state index contributed by atoms with van der Waals surface area (Å²) in [6.45, 7) is 12.8. The Morgan fingerprint density at radius 3 is 2.41 bits per heavy atom. The number of allylic oxidation sites excluding steroid dienone is 4. The zero-order chi connectivity index (χ0) is 26.5. The number of carbonyl (C=O) groups is 2. The topological polar surface area (TPSA) is 96.9 Å². The fraction of sp³-hybridized carbons (Fsp3) is 0.710. The van der Waals surface area contributed by atoms with Crippen LogP contribution in [0, 0.1) is 63.6 Å². The second kappa shape index (κ2) is 7.74. The Kier molecular flexibility index (Phi) is 5.18. The molecule has 8 atom stereocenters. The molecule has 6 heteroatoms. The summed E-state index contributed by atoms with van der Waals surface area (Å²) in [5.74, 6) is 2.38. The minimum absolute atomic E-state index is 0.00267. The Morgan fingerprint density at radius 2 is 1.73 bits per heavy atom. The van der Waals surface area contributed by atoms with Crippen LogP contribution in [0.2, 0.25) is 0 Å². The van der Waals surface area contributed by atoms with Crippen molar-refractivity contribution in [1.29, 1.82) is 5.26 Å². The molecule has 1 aromatic rings. The first-order valence-electron chi connectivity index (χ1n) is 14.1. The van der Waals surface area contributed by atoms with Crippen LogP contribution in [0.1, 0.15) is 97.3 Å². The van der Waals surface area contributed by atoms with Crippen LogP contribution in [0.3, 0.4) is 0 Å². The molecule has 0 amide bonds. The lowest BCUT2D eigenvalue weighted by Gasteiger charge is -2.64. The van der Waals surface area contributed by atoms with Crippen molar-refractivity contribution >= 4 is 11.6 Å². The number of aromatic nitrogens is 2. The van der Waals surface area contributed by atoms with E-state index in [2.05, 4.69) is 37.0 Å². The van der Waals surface area contributed by atoms with Crippen LogP contribution < -0.4 is 0 Å². The maximum atomic E-state index is 14.2. The van der Waals surface area contributed by atoms with E-state index in [0.717, 1.165) is 50.8 Å². The fourth-order valence-electron chi connectivity index (χ4n) is 9.91. The summed E-state index contributed by atoms with van der Waals surface area (Å²) >= 11 is 0. The van der Waals surface area contributed by atoms with Gasteiger partial charge in [-0.15, -0.1) is 10.2 Å². The van der Waals surface area contributed by atoms with E-state index in [4.69, 9.17) is 4.42 Å². The highest BCUT2D eigenvalue weighted by Crippen LogP contribution is 2.70. The van der Waals surface area contributed by atoms with Gasteiger partial charge in [0.2, 0.25) is 11.8 Å². The largest absolute Gasteiger partial charge is 0.425 e. The van der Waals surface area contributed by atoms with Crippen LogP contribution in [-0.4, -0.2) is 21.8 Å². The quantitative estimate of drug-likeness (QED) is 0.449. The molecule has 0 radical (unpaired) electrons. The Morgan fingerprint density at radius 1 is 1.00 bits per heavy atom. The van der Waals surface area contributed by atoms with Crippen molar-refractivity contribution in [3.8, 4) is 6.07 Å². The fourth-order valence-corrected chi connectivity index (χ4v) is 9.91. The number of fused-ring (bicyclic) bond motifs is 7. The number of Topliss-reactive ketones (excluding diaryl/α,β-unsaturated/α-hetero) is 1. The van der Waals surface area contributed by atoms with Crippen molar-refractivity contribution in [2.24, 2.45) is 45.3 Å². The zero-order valence-corrected chi connectivity index (χ0v) is 23.1. The molecule has 0 aliphatic heterocycles. The first kappa shape index (κ1) is 24.8. The molecule has 6 rings (SSSR count). The van der Waals surface area contributed by atoms with Crippen molar-refractivity contribution < 1.29 is 14.0 Å². The summed E-state index contributed by atoms with van der Waals surface area (Å²) in [5, 5.41) is 18.3. The highest BCUT2D eigenvalue weighted by Gasteiger charge is 2.65. The first-order chi connectivity index (χ1) is 17.3.